The smallest absolute Gasteiger partial charge is 0.126 e. The van der Waals surface area contributed by atoms with Crippen molar-refractivity contribution in [1.82, 2.24) is 0 Å². The van der Waals surface area contributed by atoms with E-state index < -0.39 is 0 Å². The summed E-state index contributed by atoms with van der Waals surface area (Å²) in [5.41, 5.74) is 2.72. The molecule has 2 rings (SSSR count). The van der Waals surface area contributed by atoms with Crippen LogP contribution in [-0.2, 0) is 11.2 Å². The Hall–Kier alpha value is -0.900. The molecule has 0 fully saturated rings. The molecule has 0 spiro atoms. The van der Waals surface area contributed by atoms with E-state index in [0.717, 1.165) is 25.9 Å². The van der Waals surface area contributed by atoms with Gasteiger partial charge in [-0.15, -0.1) is 0 Å². The number of aliphatic hydroxyl groups excluding tert-OH is 1. The van der Waals surface area contributed by atoms with Gasteiger partial charge in [0, 0.05) is 5.92 Å². The molecule has 0 amide bonds. The molecule has 1 aliphatic carbocycles. The van der Waals surface area contributed by atoms with Crippen LogP contribution in [0.5, 0.6) is 0 Å². The monoisotopic (exact) mass is 278 g/mol. The van der Waals surface area contributed by atoms with Gasteiger partial charge in [0.15, 0.2) is 0 Å². The highest BCUT2D eigenvalue weighted by molar-refractivity contribution is 5.31. The van der Waals surface area contributed by atoms with E-state index in [4.69, 9.17) is 4.74 Å². The maximum absolute atomic E-state index is 9.98. The van der Waals surface area contributed by atoms with E-state index in [-0.39, 0.29) is 12.2 Å². The van der Waals surface area contributed by atoms with Crippen molar-refractivity contribution in [3.8, 4) is 0 Å². The van der Waals surface area contributed by atoms with Gasteiger partial charge in [0.2, 0.25) is 0 Å². The fourth-order valence-corrected chi connectivity index (χ4v) is 2.80. The van der Waals surface area contributed by atoms with E-state index in [0.29, 0.717) is 12.5 Å². The number of benzene rings is 1. The average molecular weight is 278 g/mol. The third kappa shape index (κ3) is 4.58. The van der Waals surface area contributed by atoms with Gasteiger partial charge < -0.3 is 15.2 Å². The lowest BCUT2D eigenvalue weighted by molar-refractivity contribution is -0.665. The van der Waals surface area contributed by atoms with Crippen LogP contribution >= 0.6 is 0 Å². The number of fused-ring (bicyclic) bond motifs is 1. The SMILES string of the molecule is CC(C)C[NH2+]C[C@H](O)CO[C@H]1CCCc2ccccc21. The Labute approximate surface area is 122 Å². The highest BCUT2D eigenvalue weighted by Crippen LogP contribution is 2.32. The lowest BCUT2D eigenvalue weighted by Gasteiger charge is -2.26. The number of hydrogen-bond acceptors (Lipinski definition) is 2. The van der Waals surface area contributed by atoms with Crippen molar-refractivity contribution in [2.75, 3.05) is 19.7 Å². The number of aryl methyl sites for hydroxylation is 1. The topological polar surface area (TPSA) is 46.1 Å². The van der Waals surface area contributed by atoms with Crippen LogP contribution in [-0.4, -0.2) is 30.9 Å². The van der Waals surface area contributed by atoms with Crippen LogP contribution in [0.3, 0.4) is 0 Å². The van der Waals surface area contributed by atoms with Gasteiger partial charge in [0.05, 0.1) is 19.3 Å². The summed E-state index contributed by atoms with van der Waals surface area (Å²) in [6, 6.07) is 8.53. The third-order valence-corrected chi connectivity index (χ3v) is 3.88. The molecule has 0 radical (unpaired) electrons. The van der Waals surface area contributed by atoms with E-state index in [1.165, 1.54) is 17.5 Å². The van der Waals surface area contributed by atoms with Gasteiger partial charge in [0.25, 0.3) is 0 Å². The molecule has 1 aromatic rings. The van der Waals surface area contributed by atoms with Gasteiger partial charge in [-0.1, -0.05) is 38.1 Å². The molecular weight excluding hydrogens is 250 g/mol. The average Bonchev–Trinajstić information content (AvgIpc) is 2.44. The highest BCUT2D eigenvalue weighted by atomic mass is 16.5. The van der Waals surface area contributed by atoms with Crippen LogP contribution in [0, 0.1) is 5.92 Å². The summed E-state index contributed by atoms with van der Waals surface area (Å²) in [5.74, 6) is 0.660. The standard InChI is InChI=1S/C17H27NO2/c1-13(2)10-18-11-15(19)12-20-17-9-5-7-14-6-3-4-8-16(14)17/h3-4,6,8,13,15,17-19H,5,7,9-12H2,1-2H3/p+1/t15-,17-/m0/s1. The number of hydrogen-bond donors (Lipinski definition) is 2. The molecule has 0 heterocycles. The molecular formula is C17H28NO2+. The van der Waals surface area contributed by atoms with Gasteiger partial charge in [-0.05, 0) is 30.4 Å². The molecule has 0 bridgehead atoms. The minimum absolute atomic E-state index is 0.166. The minimum atomic E-state index is -0.372. The van der Waals surface area contributed by atoms with E-state index in [1.54, 1.807) is 0 Å². The second-order valence-electron chi connectivity index (χ2n) is 6.22. The Bertz CT molecular complexity index is 406. The van der Waals surface area contributed by atoms with Gasteiger partial charge in [-0.2, -0.15) is 0 Å². The Morgan fingerprint density at radius 3 is 2.90 bits per heavy atom. The Morgan fingerprint density at radius 2 is 2.10 bits per heavy atom. The van der Waals surface area contributed by atoms with Crippen molar-refractivity contribution in [1.29, 1.82) is 0 Å². The maximum atomic E-state index is 9.98. The van der Waals surface area contributed by atoms with Crippen molar-refractivity contribution in [2.45, 2.75) is 45.3 Å². The lowest BCUT2D eigenvalue weighted by atomic mass is 9.89. The normalized spacial score (nSPS) is 19.9. The Morgan fingerprint density at radius 1 is 1.30 bits per heavy atom. The van der Waals surface area contributed by atoms with Crippen LogP contribution < -0.4 is 5.32 Å². The molecule has 1 aliphatic rings. The number of quaternary nitrogens is 1. The second-order valence-corrected chi connectivity index (χ2v) is 6.22. The van der Waals surface area contributed by atoms with Crippen molar-refractivity contribution < 1.29 is 15.2 Å². The van der Waals surface area contributed by atoms with Crippen molar-refractivity contribution in [3.63, 3.8) is 0 Å². The predicted octanol–water partition coefficient (Wildman–Crippen LogP) is 1.66. The number of rotatable bonds is 7. The molecule has 112 valence electrons. The van der Waals surface area contributed by atoms with E-state index in [2.05, 4.69) is 43.4 Å². The molecule has 0 saturated heterocycles. The van der Waals surface area contributed by atoms with E-state index >= 15 is 0 Å². The number of ether oxygens (including phenoxy) is 1. The van der Waals surface area contributed by atoms with E-state index in [9.17, 15) is 5.11 Å². The molecule has 3 nitrogen and oxygen atoms in total. The van der Waals surface area contributed by atoms with Gasteiger partial charge in [-0.3, -0.25) is 0 Å². The number of nitrogens with two attached hydrogens (primary N) is 1. The molecule has 2 atom stereocenters. The van der Waals surface area contributed by atoms with Gasteiger partial charge in [0.1, 0.15) is 12.6 Å². The van der Waals surface area contributed by atoms with E-state index in [1.807, 2.05) is 0 Å². The van der Waals surface area contributed by atoms with Crippen LogP contribution in [0.2, 0.25) is 0 Å². The summed E-state index contributed by atoms with van der Waals surface area (Å²) in [4.78, 5) is 0. The van der Waals surface area contributed by atoms with Gasteiger partial charge >= 0.3 is 0 Å². The first-order chi connectivity index (χ1) is 9.66. The summed E-state index contributed by atoms with van der Waals surface area (Å²) in [6.07, 6.45) is 3.19. The quantitative estimate of drug-likeness (QED) is 0.797. The molecule has 0 aromatic heterocycles. The Kier molecular flexibility index (Phi) is 6.02. The molecule has 0 aliphatic heterocycles. The van der Waals surface area contributed by atoms with Crippen molar-refractivity contribution >= 4 is 0 Å². The lowest BCUT2D eigenvalue weighted by Crippen LogP contribution is -2.87. The maximum Gasteiger partial charge on any atom is 0.126 e. The first-order valence-corrected chi connectivity index (χ1v) is 7.86. The second kappa shape index (κ2) is 7.77. The largest absolute Gasteiger partial charge is 0.385 e. The molecule has 3 N–H and O–H groups in total. The fraction of sp³-hybridized carbons (Fsp3) is 0.647. The predicted molar refractivity (Wildman–Crippen MR) is 80.6 cm³/mol. The molecule has 0 unspecified atom stereocenters. The first-order valence-electron chi connectivity index (χ1n) is 7.86. The van der Waals surface area contributed by atoms with Gasteiger partial charge in [-0.25, -0.2) is 0 Å². The van der Waals surface area contributed by atoms with Crippen LogP contribution in [0.15, 0.2) is 24.3 Å². The summed E-state index contributed by atoms with van der Waals surface area (Å²) in [6.45, 7) is 6.61. The summed E-state index contributed by atoms with van der Waals surface area (Å²) < 4.78 is 5.96. The summed E-state index contributed by atoms with van der Waals surface area (Å²) in [7, 11) is 0. The third-order valence-electron chi connectivity index (χ3n) is 3.88. The highest BCUT2D eigenvalue weighted by Gasteiger charge is 2.21. The van der Waals surface area contributed by atoms with Crippen molar-refractivity contribution in [3.05, 3.63) is 35.4 Å². The number of aliphatic hydroxyl groups is 1. The summed E-state index contributed by atoms with van der Waals surface area (Å²) in [5, 5.41) is 12.2. The fourth-order valence-electron chi connectivity index (χ4n) is 2.80. The molecule has 0 saturated carbocycles. The zero-order valence-electron chi connectivity index (χ0n) is 12.7. The molecule has 20 heavy (non-hydrogen) atoms. The molecule has 3 heteroatoms. The zero-order chi connectivity index (χ0) is 14.4. The van der Waals surface area contributed by atoms with Crippen molar-refractivity contribution in [2.24, 2.45) is 5.92 Å². The Balaban J connectivity index is 1.77. The summed E-state index contributed by atoms with van der Waals surface area (Å²) >= 11 is 0. The van der Waals surface area contributed by atoms with Crippen LogP contribution in [0.25, 0.3) is 0 Å². The first kappa shape index (κ1) is 15.5. The van der Waals surface area contributed by atoms with Crippen LogP contribution in [0.4, 0.5) is 0 Å². The van der Waals surface area contributed by atoms with Crippen LogP contribution in [0.1, 0.15) is 43.9 Å². The minimum Gasteiger partial charge on any atom is -0.385 e. The molecule has 1 aromatic carbocycles. The zero-order valence-corrected chi connectivity index (χ0v) is 12.7.